The fourth-order valence-corrected chi connectivity index (χ4v) is 1.34. The minimum absolute atomic E-state index is 0.0708. The van der Waals surface area contributed by atoms with Gasteiger partial charge < -0.3 is 9.84 Å². The fraction of sp³-hybridized carbons (Fsp3) is 0.667. The van der Waals surface area contributed by atoms with Gasteiger partial charge in [0.25, 0.3) is 0 Å². The third-order valence-corrected chi connectivity index (χ3v) is 2.08. The highest BCUT2D eigenvalue weighted by Gasteiger charge is 2.43. The second-order valence-electron chi connectivity index (χ2n) is 3.58. The van der Waals surface area contributed by atoms with Crippen LogP contribution in [0.3, 0.4) is 0 Å². The Morgan fingerprint density at radius 3 is 2.38 bits per heavy atom. The molecule has 0 bridgehead atoms. The van der Waals surface area contributed by atoms with Crippen molar-refractivity contribution in [3.8, 4) is 5.75 Å². The lowest BCUT2D eigenvalue weighted by Crippen LogP contribution is -2.24. The smallest absolute Gasteiger partial charge is 0.420 e. The molecule has 0 saturated heterocycles. The molecular formula is C9H13F3N2O2. The molecule has 92 valence electrons. The molecule has 1 atom stereocenters. The summed E-state index contributed by atoms with van der Waals surface area (Å²) in [6.07, 6.45) is -6.17. The van der Waals surface area contributed by atoms with Crippen LogP contribution in [-0.2, 0) is 0 Å². The van der Waals surface area contributed by atoms with E-state index in [0.29, 0.717) is 0 Å². The first-order valence-electron chi connectivity index (χ1n) is 4.65. The van der Waals surface area contributed by atoms with Gasteiger partial charge in [-0.1, -0.05) is 0 Å². The van der Waals surface area contributed by atoms with Gasteiger partial charge in [0.2, 0.25) is 0 Å². The number of methoxy groups -OCH3 is 1. The van der Waals surface area contributed by atoms with Crippen molar-refractivity contribution >= 4 is 0 Å². The average molecular weight is 238 g/mol. The molecule has 1 heterocycles. The topological polar surface area (TPSA) is 47.3 Å². The number of halogens is 3. The van der Waals surface area contributed by atoms with Crippen molar-refractivity contribution in [3.05, 3.63) is 11.9 Å². The zero-order valence-electron chi connectivity index (χ0n) is 9.12. The minimum atomic E-state index is -4.74. The molecule has 7 heteroatoms. The van der Waals surface area contributed by atoms with Crippen molar-refractivity contribution < 1.29 is 23.0 Å². The average Bonchev–Trinajstić information content (AvgIpc) is 2.57. The van der Waals surface area contributed by atoms with Crippen molar-refractivity contribution in [2.45, 2.75) is 32.2 Å². The van der Waals surface area contributed by atoms with Crippen LogP contribution in [0.15, 0.2) is 6.20 Å². The van der Waals surface area contributed by atoms with Gasteiger partial charge in [0.05, 0.1) is 13.3 Å². The maximum Gasteiger partial charge on any atom is 0.420 e. The molecule has 0 aromatic carbocycles. The number of rotatable bonds is 3. The molecule has 0 fully saturated rings. The summed E-state index contributed by atoms with van der Waals surface area (Å²) < 4.78 is 43.1. The number of nitrogens with zero attached hydrogens (tertiary/aromatic N) is 2. The van der Waals surface area contributed by atoms with Gasteiger partial charge in [0.1, 0.15) is 5.69 Å². The largest absolute Gasteiger partial charge is 0.493 e. The first kappa shape index (κ1) is 12.8. The number of aliphatic hydroxyl groups is 1. The number of hydrogen-bond acceptors (Lipinski definition) is 3. The third kappa shape index (κ3) is 2.29. The maximum atomic E-state index is 12.4. The van der Waals surface area contributed by atoms with Crippen LogP contribution >= 0.6 is 0 Å². The van der Waals surface area contributed by atoms with Crippen LogP contribution < -0.4 is 4.74 Å². The maximum absolute atomic E-state index is 12.4. The van der Waals surface area contributed by atoms with E-state index in [1.807, 2.05) is 0 Å². The van der Waals surface area contributed by atoms with Crippen LogP contribution in [0.1, 0.15) is 31.7 Å². The summed E-state index contributed by atoms with van der Waals surface area (Å²) in [7, 11) is 1.23. The molecule has 0 aliphatic heterocycles. The highest BCUT2D eigenvalue weighted by atomic mass is 19.4. The van der Waals surface area contributed by atoms with Gasteiger partial charge in [0, 0.05) is 6.04 Å². The molecule has 1 aromatic heterocycles. The van der Waals surface area contributed by atoms with Crippen LogP contribution in [-0.4, -0.2) is 28.2 Å². The lowest BCUT2D eigenvalue weighted by Gasteiger charge is -2.19. The summed E-state index contributed by atoms with van der Waals surface area (Å²) in [6.45, 7) is 3.33. The Hall–Kier alpha value is -1.24. The van der Waals surface area contributed by atoms with Gasteiger partial charge in [-0.15, -0.1) is 0 Å². The Morgan fingerprint density at radius 1 is 1.44 bits per heavy atom. The van der Waals surface area contributed by atoms with E-state index in [1.54, 1.807) is 13.8 Å². The molecule has 0 aliphatic rings. The number of ether oxygens (including phenoxy) is 1. The quantitative estimate of drug-likeness (QED) is 0.876. The standard InChI is InChI=1S/C9H13F3N2O2/c1-5(2)14-7(6(16-3)4-13-14)8(15)9(10,11)12/h4-5,8,15H,1-3H3/t8-/m1/s1. The normalized spacial score (nSPS) is 14.2. The third-order valence-electron chi connectivity index (χ3n) is 2.08. The second kappa shape index (κ2) is 4.32. The highest BCUT2D eigenvalue weighted by Crippen LogP contribution is 2.37. The summed E-state index contributed by atoms with van der Waals surface area (Å²) >= 11 is 0. The number of aliphatic hydroxyl groups excluding tert-OH is 1. The van der Waals surface area contributed by atoms with E-state index in [1.165, 1.54) is 7.11 Å². The van der Waals surface area contributed by atoms with E-state index in [-0.39, 0.29) is 17.5 Å². The second-order valence-corrected chi connectivity index (χ2v) is 3.58. The van der Waals surface area contributed by atoms with E-state index in [4.69, 9.17) is 4.74 Å². The van der Waals surface area contributed by atoms with Crippen LogP contribution in [0, 0.1) is 0 Å². The number of alkyl halides is 3. The Bertz CT molecular complexity index is 360. The van der Waals surface area contributed by atoms with Crippen molar-refractivity contribution in [3.63, 3.8) is 0 Å². The SMILES string of the molecule is COc1cnn(C(C)C)c1[C@@H](O)C(F)(F)F. The van der Waals surface area contributed by atoms with E-state index in [2.05, 4.69) is 5.10 Å². The lowest BCUT2D eigenvalue weighted by molar-refractivity contribution is -0.209. The van der Waals surface area contributed by atoms with Crippen molar-refractivity contribution in [2.24, 2.45) is 0 Å². The molecule has 1 aromatic rings. The Kier molecular flexibility index (Phi) is 3.47. The summed E-state index contributed by atoms with van der Waals surface area (Å²) in [4.78, 5) is 0. The van der Waals surface area contributed by atoms with Gasteiger partial charge in [-0.2, -0.15) is 18.3 Å². The van der Waals surface area contributed by atoms with E-state index in [0.717, 1.165) is 10.9 Å². The first-order chi connectivity index (χ1) is 7.29. The minimum Gasteiger partial charge on any atom is -0.493 e. The van der Waals surface area contributed by atoms with Crippen molar-refractivity contribution in [2.75, 3.05) is 7.11 Å². The van der Waals surface area contributed by atoms with Crippen LogP contribution in [0.25, 0.3) is 0 Å². The molecule has 0 saturated carbocycles. The van der Waals surface area contributed by atoms with Gasteiger partial charge in [-0.3, -0.25) is 4.68 Å². The summed E-state index contributed by atoms with van der Waals surface area (Å²) in [6, 6.07) is -0.295. The molecule has 0 radical (unpaired) electrons. The predicted molar refractivity (Wildman–Crippen MR) is 50.2 cm³/mol. The lowest BCUT2D eigenvalue weighted by atomic mass is 10.2. The summed E-state index contributed by atoms with van der Waals surface area (Å²) in [5.41, 5.74) is -0.370. The molecule has 1 N–H and O–H groups in total. The van der Waals surface area contributed by atoms with Gasteiger partial charge in [-0.05, 0) is 13.8 Å². The molecular weight excluding hydrogens is 225 g/mol. The van der Waals surface area contributed by atoms with Gasteiger partial charge >= 0.3 is 6.18 Å². The molecule has 4 nitrogen and oxygen atoms in total. The molecule has 1 rings (SSSR count). The van der Waals surface area contributed by atoms with Crippen LogP contribution in [0.5, 0.6) is 5.75 Å². The van der Waals surface area contributed by atoms with E-state index in [9.17, 15) is 18.3 Å². The van der Waals surface area contributed by atoms with E-state index >= 15 is 0 Å². The number of hydrogen-bond donors (Lipinski definition) is 1. The van der Waals surface area contributed by atoms with E-state index < -0.39 is 12.3 Å². The van der Waals surface area contributed by atoms with Gasteiger partial charge in [-0.25, -0.2) is 0 Å². The molecule has 0 amide bonds. The fourth-order valence-electron chi connectivity index (χ4n) is 1.34. The zero-order chi connectivity index (χ0) is 12.5. The number of aromatic nitrogens is 2. The Balaban J connectivity index is 3.23. The molecule has 0 aliphatic carbocycles. The molecule has 0 spiro atoms. The van der Waals surface area contributed by atoms with Crippen LogP contribution in [0.2, 0.25) is 0 Å². The molecule has 16 heavy (non-hydrogen) atoms. The van der Waals surface area contributed by atoms with Crippen molar-refractivity contribution in [1.29, 1.82) is 0 Å². The van der Waals surface area contributed by atoms with Crippen molar-refractivity contribution in [1.82, 2.24) is 9.78 Å². The zero-order valence-corrected chi connectivity index (χ0v) is 9.12. The van der Waals surface area contributed by atoms with Crippen LogP contribution in [0.4, 0.5) is 13.2 Å². The molecule has 0 unspecified atom stereocenters. The monoisotopic (exact) mass is 238 g/mol. The summed E-state index contributed by atoms with van der Waals surface area (Å²) in [5.74, 6) is -0.0708. The highest BCUT2D eigenvalue weighted by molar-refractivity contribution is 5.28. The Labute approximate surface area is 90.6 Å². The Morgan fingerprint density at radius 2 is 2.00 bits per heavy atom. The van der Waals surface area contributed by atoms with Gasteiger partial charge in [0.15, 0.2) is 11.9 Å². The summed E-state index contributed by atoms with van der Waals surface area (Å²) in [5, 5.41) is 13.0. The predicted octanol–water partition coefficient (Wildman–Crippen LogP) is 2.07. The first-order valence-corrected chi connectivity index (χ1v) is 4.65.